The molecular formula is C18H22N2O3. The highest BCUT2D eigenvalue weighted by Crippen LogP contribution is 2.31. The fourth-order valence-electron chi connectivity index (χ4n) is 2.57. The molecule has 1 aliphatic heterocycles. The van der Waals surface area contributed by atoms with Crippen molar-refractivity contribution in [1.82, 2.24) is 0 Å². The first-order valence-electron chi connectivity index (χ1n) is 7.74. The quantitative estimate of drug-likeness (QED) is 0.633. The van der Waals surface area contributed by atoms with Crippen molar-refractivity contribution in [3.8, 4) is 6.07 Å². The van der Waals surface area contributed by atoms with Crippen LogP contribution in [0.3, 0.4) is 0 Å². The molecule has 122 valence electrons. The van der Waals surface area contributed by atoms with Gasteiger partial charge in [-0.3, -0.25) is 0 Å². The van der Waals surface area contributed by atoms with Crippen LogP contribution in [-0.4, -0.2) is 30.9 Å². The van der Waals surface area contributed by atoms with Crippen LogP contribution in [0.1, 0.15) is 44.0 Å². The van der Waals surface area contributed by atoms with Gasteiger partial charge in [0.2, 0.25) is 0 Å². The molecule has 0 unspecified atom stereocenters. The zero-order valence-electron chi connectivity index (χ0n) is 13.8. The van der Waals surface area contributed by atoms with Gasteiger partial charge in [-0.15, -0.1) is 0 Å². The molecule has 1 fully saturated rings. The summed E-state index contributed by atoms with van der Waals surface area (Å²) in [6, 6.07) is 9.37. The summed E-state index contributed by atoms with van der Waals surface area (Å²) in [5, 5.41) is 9.14. The van der Waals surface area contributed by atoms with Crippen LogP contribution in [0, 0.1) is 16.7 Å². The topological polar surface area (TPSA) is 70.4 Å². The van der Waals surface area contributed by atoms with E-state index in [1.807, 2.05) is 32.9 Å². The van der Waals surface area contributed by atoms with Gasteiger partial charge in [-0.1, -0.05) is 0 Å². The summed E-state index contributed by atoms with van der Waals surface area (Å²) in [5.74, 6) is -0.341. The van der Waals surface area contributed by atoms with E-state index in [0.29, 0.717) is 31.5 Å². The largest absolute Gasteiger partial charge is 0.456 e. The Hall–Kier alpha value is -2.35. The molecule has 23 heavy (non-hydrogen) atoms. The number of carbonyl (C=O) groups is 2. The van der Waals surface area contributed by atoms with Gasteiger partial charge >= 0.3 is 5.97 Å². The smallest absolute Gasteiger partial charge is 0.338 e. The predicted molar refractivity (Wildman–Crippen MR) is 87.2 cm³/mol. The van der Waals surface area contributed by atoms with Gasteiger partial charge in [0.15, 0.2) is 0 Å². The number of nitriles is 1. The van der Waals surface area contributed by atoms with Crippen LogP contribution in [0.15, 0.2) is 24.3 Å². The summed E-state index contributed by atoms with van der Waals surface area (Å²) in [7, 11) is 0. The molecule has 0 atom stereocenters. The van der Waals surface area contributed by atoms with Gasteiger partial charge in [0, 0.05) is 18.8 Å². The summed E-state index contributed by atoms with van der Waals surface area (Å²) in [5.41, 5.74) is 0.139. The SMILES string of the molecule is CC(C)(C)OC(=O)c1ccc(N2CCC(C#N)(C=O)CC2)cc1. The number of hydrogen-bond acceptors (Lipinski definition) is 5. The van der Waals surface area contributed by atoms with Gasteiger partial charge in [-0.25, -0.2) is 4.79 Å². The Balaban J connectivity index is 2.03. The lowest BCUT2D eigenvalue weighted by Gasteiger charge is -2.35. The van der Waals surface area contributed by atoms with E-state index in [4.69, 9.17) is 10.00 Å². The first-order valence-corrected chi connectivity index (χ1v) is 7.74. The van der Waals surface area contributed by atoms with Crippen LogP contribution >= 0.6 is 0 Å². The van der Waals surface area contributed by atoms with Crippen molar-refractivity contribution < 1.29 is 14.3 Å². The molecule has 0 aromatic heterocycles. The maximum Gasteiger partial charge on any atom is 0.338 e. The molecule has 5 heteroatoms. The molecule has 0 amide bonds. The van der Waals surface area contributed by atoms with E-state index in [-0.39, 0.29) is 5.97 Å². The average Bonchev–Trinajstić information content (AvgIpc) is 2.53. The first-order chi connectivity index (χ1) is 10.8. The molecule has 0 spiro atoms. The summed E-state index contributed by atoms with van der Waals surface area (Å²) in [6.45, 7) is 6.81. The summed E-state index contributed by atoms with van der Waals surface area (Å²) >= 11 is 0. The molecule has 0 radical (unpaired) electrons. The number of rotatable bonds is 3. The second-order valence-electron chi connectivity index (χ2n) is 6.92. The van der Waals surface area contributed by atoms with Crippen LogP contribution in [0.5, 0.6) is 0 Å². The van der Waals surface area contributed by atoms with Crippen molar-refractivity contribution >= 4 is 17.9 Å². The number of carbonyl (C=O) groups excluding carboxylic acids is 2. The molecule has 0 N–H and O–H groups in total. The summed E-state index contributed by atoms with van der Waals surface area (Å²) in [6.07, 6.45) is 1.83. The molecule has 0 saturated carbocycles. The maximum atomic E-state index is 12.0. The lowest BCUT2D eigenvalue weighted by atomic mass is 9.81. The maximum absolute atomic E-state index is 12.0. The van der Waals surface area contributed by atoms with Crippen LogP contribution < -0.4 is 4.90 Å². The summed E-state index contributed by atoms with van der Waals surface area (Å²) in [4.78, 5) is 25.2. The Morgan fingerprint density at radius 2 is 1.83 bits per heavy atom. The van der Waals surface area contributed by atoms with E-state index in [0.717, 1.165) is 12.0 Å². The van der Waals surface area contributed by atoms with Crippen molar-refractivity contribution in [2.75, 3.05) is 18.0 Å². The molecule has 1 aromatic carbocycles. The minimum atomic E-state index is -0.840. The third-order valence-corrected chi connectivity index (χ3v) is 3.97. The Kier molecular flexibility index (Phi) is 4.74. The molecule has 5 nitrogen and oxygen atoms in total. The average molecular weight is 314 g/mol. The van der Waals surface area contributed by atoms with Crippen LogP contribution in [0.2, 0.25) is 0 Å². The standard InChI is InChI=1S/C18H22N2O3/c1-17(2,3)23-16(22)14-4-6-15(7-5-14)20-10-8-18(12-19,13-21)9-11-20/h4-7,13H,8-11H2,1-3H3. The van der Waals surface area contributed by atoms with Crippen molar-refractivity contribution in [2.45, 2.75) is 39.2 Å². The normalized spacial score (nSPS) is 17.2. The zero-order valence-corrected chi connectivity index (χ0v) is 13.8. The van der Waals surface area contributed by atoms with Crippen LogP contribution in [-0.2, 0) is 9.53 Å². The van der Waals surface area contributed by atoms with E-state index < -0.39 is 11.0 Å². The Morgan fingerprint density at radius 3 is 2.26 bits per heavy atom. The minimum Gasteiger partial charge on any atom is -0.456 e. The van der Waals surface area contributed by atoms with Gasteiger partial charge in [-0.05, 0) is 57.9 Å². The third-order valence-electron chi connectivity index (χ3n) is 3.97. The highest BCUT2D eigenvalue weighted by Gasteiger charge is 2.34. The van der Waals surface area contributed by atoms with E-state index in [1.165, 1.54) is 0 Å². The van der Waals surface area contributed by atoms with Gasteiger partial charge in [0.05, 0.1) is 11.6 Å². The first kappa shape index (κ1) is 17.0. The molecule has 1 saturated heterocycles. The number of aldehydes is 1. The number of anilines is 1. The number of piperidine rings is 1. The van der Waals surface area contributed by atoms with Gasteiger partial charge < -0.3 is 14.4 Å². The summed E-state index contributed by atoms with van der Waals surface area (Å²) < 4.78 is 5.34. The van der Waals surface area contributed by atoms with E-state index in [1.54, 1.807) is 12.1 Å². The zero-order chi connectivity index (χ0) is 17.1. The number of nitrogens with zero attached hydrogens (tertiary/aromatic N) is 2. The highest BCUT2D eigenvalue weighted by molar-refractivity contribution is 5.90. The Labute approximate surface area is 136 Å². The second-order valence-corrected chi connectivity index (χ2v) is 6.92. The third kappa shape index (κ3) is 4.10. The van der Waals surface area contributed by atoms with Gasteiger partial charge in [0.25, 0.3) is 0 Å². The van der Waals surface area contributed by atoms with Crippen molar-refractivity contribution in [3.63, 3.8) is 0 Å². The molecule has 2 rings (SSSR count). The van der Waals surface area contributed by atoms with E-state index in [9.17, 15) is 9.59 Å². The molecule has 0 bridgehead atoms. The molecule has 1 heterocycles. The van der Waals surface area contributed by atoms with Crippen molar-refractivity contribution in [2.24, 2.45) is 5.41 Å². The lowest BCUT2D eigenvalue weighted by Crippen LogP contribution is -2.40. The lowest BCUT2D eigenvalue weighted by molar-refractivity contribution is -0.114. The highest BCUT2D eigenvalue weighted by atomic mass is 16.6. The van der Waals surface area contributed by atoms with Crippen LogP contribution in [0.25, 0.3) is 0 Å². The van der Waals surface area contributed by atoms with Crippen molar-refractivity contribution in [3.05, 3.63) is 29.8 Å². The second kappa shape index (κ2) is 6.41. The molecule has 1 aliphatic rings. The number of benzene rings is 1. The van der Waals surface area contributed by atoms with E-state index >= 15 is 0 Å². The number of ether oxygens (including phenoxy) is 1. The van der Waals surface area contributed by atoms with Crippen LogP contribution in [0.4, 0.5) is 5.69 Å². The molecular weight excluding hydrogens is 292 g/mol. The van der Waals surface area contributed by atoms with E-state index in [2.05, 4.69) is 11.0 Å². The fourth-order valence-corrected chi connectivity index (χ4v) is 2.57. The fraction of sp³-hybridized carbons (Fsp3) is 0.500. The monoisotopic (exact) mass is 314 g/mol. The molecule has 1 aromatic rings. The van der Waals surface area contributed by atoms with Gasteiger partial charge in [-0.2, -0.15) is 5.26 Å². The minimum absolute atomic E-state index is 0.341. The Morgan fingerprint density at radius 1 is 1.26 bits per heavy atom. The molecule has 0 aliphatic carbocycles. The van der Waals surface area contributed by atoms with Crippen molar-refractivity contribution in [1.29, 1.82) is 5.26 Å². The number of hydrogen-bond donors (Lipinski definition) is 0. The number of esters is 1. The van der Waals surface area contributed by atoms with Gasteiger partial charge in [0.1, 0.15) is 17.3 Å². The predicted octanol–water partition coefficient (Wildman–Crippen LogP) is 2.95. The Bertz CT molecular complexity index is 615.